The topological polar surface area (TPSA) is 96.7 Å². The molecule has 0 aromatic heterocycles. The third-order valence-electron chi connectivity index (χ3n) is 4.75. The fourth-order valence-corrected chi connectivity index (χ4v) is 3.30. The summed E-state index contributed by atoms with van der Waals surface area (Å²) in [5.74, 6) is -0.0152. The zero-order chi connectivity index (χ0) is 17.6. The van der Waals surface area contributed by atoms with Crippen LogP contribution in [-0.4, -0.2) is 55.6 Å². The van der Waals surface area contributed by atoms with Gasteiger partial charge in [-0.1, -0.05) is 0 Å². The molecule has 27 heavy (non-hydrogen) atoms. The van der Waals surface area contributed by atoms with Gasteiger partial charge in [0.05, 0.1) is 19.8 Å². The maximum atomic E-state index is 12.2. The van der Waals surface area contributed by atoms with Crippen LogP contribution >= 0.6 is 24.8 Å². The Bertz CT molecular complexity index is 609. The Labute approximate surface area is 172 Å². The van der Waals surface area contributed by atoms with Crippen molar-refractivity contribution in [1.29, 1.82) is 0 Å². The van der Waals surface area contributed by atoms with E-state index < -0.39 is 0 Å². The normalized spacial score (nSPS) is 22.3. The number of nitrogens with two attached hydrogens (primary N) is 1. The number of hydrogen-bond donors (Lipinski definition) is 3. The molecule has 3 rings (SSSR count). The van der Waals surface area contributed by atoms with E-state index in [9.17, 15) is 9.59 Å². The van der Waals surface area contributed by atoms with Gasteiger partial charge < -0.3 is 21.1 Å². The van der Waals surface area contributed by atoms with Crippen LogP contribution in [-0.2, 0) is 14.3 Å². The Morgan fingerprint density at radius 3 is 2.19 bits per heavy atom. The van der Waals surface area contributed by atoms with Crippen LogP contribution in [0, 0.1) is 5.92 Å². The molecule has 4 N–H and O–H groups in total. The lowest BCUT2D eigenvalue weighted by atomic mass is 10.1. The first-order valence-electron chi connectivity index (χ1n) is 8.86. The number of anilines is 2. The van der Waals surface area contributed by atoms with Crippen molar-refractivity contribution in [2.45, 2.75) is 25.3 Å². The van der Waals surface area contributed by atoms with Crippen LogP contribution in [0.3, 0.4) is 0 Å². The van der Waals surface area contributed by atoms with Gasteiger partial charge in [-0.05, 0) is 43.5 Å². The number of carbonyl (C=O) groups excluding carboxylic acids is 2. The van der Waals surface area contributed by atoms with Crippen LogP contribution in [0.4, 0.5) is 11.4 Å². The third-order valence-corrected chi connectivity index (χ3v) is 4.75. The van der Waals surface area contributed by atoms with Gasteiger partial charge in [0.25, 0.3) is 0 Å². The molecule has 2 unspecified atom stereocenters. The van der Waals surface area contributed by atoms with Gasteiger partial charge in [0.2, 0.25) is 11.8 Å². The molecular formula is C18H28Cl2N4O3. The molecule has 7 nitrogen and oxygen atoms in total. The van der Waals surface area contributed by atoms with Crippen molar-refractivity contribution >= 4 is 48.0 Å². The number of rotatable bonds is 5. The minimum atomic E-state index is -0.0429. The van der Waals surface area contributed by atoms with Crippen LogP contribution in [0.25, 0.3) is 0 Å². The molecular weight excluding hydrogens is 391 g/mol. The Hall–Kier alpha value is -1.38. The summed E-state index contributed by atoms with van der Waals surface area (Å²) in [4.78, 5) is 26.3. The molecule has 2 amide bonds. The molecule has 1 aliphatic carbocycles. The summed E-state index contributed by atoms with van der Waals surface area (Å²) < 4.78 is 5.27. The van der Waals surface area contributed by atoms with E-state index in [1.54, 1.807) is 24.3 Å². The summed E-state index contributed by atoms with van der Waals surface area (Å²) in [7, 11) is 0. The number of nitrogens with zero attached hydrogens (tertiary/aromatic N) is 1. The van der Waals surface area contributed by atoms with Crippen LogP contribution < -0.4 is 16.4 Å². The summed E-state index contributed by atoms with van der Waals surface area (Å²) in [6.07, 6.45) is 2.51. The molecule has 1 aliphatic heterocycles. The van der Waals surface area contributed by atoms with E-state index in [2.05, 4.69) is 15.5 Å². The molecule has 9 heteroatoms. The number of morpholine rings is 1. The average Bonchev–Trinajstić information content (AvgIpc) is 3.04. The van der Waals surface area contributed by atoms with Gasteiger partial charge in [0.1, 0.15) is 0 Å². The largest absolute Gasteiger partial charge is 0.379 e. The zero-order valence-corrected chi connectivity index (χ0v) is 16.8. The molecule has 152 valence electrons. The molecule has 0 spiro atoms. The lowest BCUT2D eigenvalue weighted by molar-refractivity contribution is -0.120. The van der Waals surface area contributed by atoms with E-state index >= 15 is 0 Å². The predicted molar refractivity (Wildman–Crippen MR) is 111 cm³/mol. The second-order valence-corrected chi connectivity index (χ2v) is 6.77. The van der Waals surface area contributed by atoms with Gasteiger partial charge in [-0.15, -0.1) is 24.8 Å². The first-order chi connectivity index (χ1) is 12.1. The van der Waals surface area contributed by atoms with E-state index in [0.717, 1.165) is 43.7 Å². The maximum absolute atomic E-state index is 12.2. The Morgan fingerprint density at radius 1 is 1.04 bits per heavy atom. The van der Waals surface area contributed by atoms with Crippen molar-refractivity contribution in [2.75, 3.05) is 43.5 Å². The summed E-state index contributed by atoms with van der Waals surface area (Å²) >= 11 is 0. The van der Waals surface area contributed by atoms with Crippen molar-refractivity contribution < 1.29 is 14.3 Å². The molecule has 2 aliphatic rings. The third kappa shape index (κ3) is 7.27. The number of nitrogens with one attached hydrogen (secondary N) is 2. The first kappa shape index (κ1) is 23.7. The standard InChI is InChI=1S/C18H26N4O3.2ClH/c19-14-2-1-13(11-14)18(24)21-16-5-3-15(4-6-16)20-17(23)12-22-7-9-25-10-8-22;;/h3-6,13-14H,1-2,7-12,19H2,(H,20,23)(H,21,24);2*1H. The van der Waals surface area contributed by atoms with E-state index in [4.69, 9.17) is 10.5 Å². The molecule has 2 atom stereocenters. The van der Waals surface area contributed by atoms with E-state index in [1.807, 2.05) is 0 Å². The van der Waals surface area contributed by atoms with Gasteiger partial charge in [-0.3, -0.25) is 14.5 Å². The van der Waals surface area contributed by atoms with Crippen LogP contribution in [0.15, 0.2) is 24.3 Å². The van der Waals surface area contributed by atoms with E-state index in [1.165, 1.54) is 0 Å². The highest BCUT2D eigenvalue weighted by molar-refractivity contribution is 5.94. The lowest BCUT2D eigenvalue weighted by Gasteiger charge is -2.25. The molecule has 1 heterocycles. The molecule has 0 bridgehead atoms. The Balaban J connectivity index is 0.00000182. The molecule has 1 aromatic rings. The molecule has 0 radical (unpaired) electrons. The number of hydrogen-bond acceptors (Lipinski definition) is 5. The fraction of sp³-hybridized carbons (Fsp3) is 0.556. The van der Waals surface area contributed by atoms with Crippen molar-refractivity contribution in [3.05, 3.63) is 24.3 Å². The highest BCUT2D eigenvalue weighted by Gasteiger charge is 2.27. The average molecular weight is 419 g/mol. The monoisotopic (exact) mass is 418 g/mol. The summed E-state index contributed by atoms with van der Waals surface area (Å²) in [5, 5.41) is 5.80. The van der Waals surface area contributed by atoms with Gasteiger partial charge in [0, 0.05) is 36.4 Å². The van der Waals surface area contributed by atoms with Gasteiger partial charge in [0.15, 0.2) is 0 Å². The highest BCUT2D eigenvalue weighted by atomic mass is 35.5. The molecule has 1 saturated heterocycles. The van der Waals surface area contributed by atoms with Gasteiger partial charge in [-0.2, -0.15) is 0 Å². The minimum Gasteiger partial charge on any atom is -0.379 e. The molecule has 1 aromatic carbocycles. The fourth-order valence-electron chi connectivity index (χ4n) is 3.30. The molecule has 2 fully saturated rings. The van der Waals surface area contributed by atoms with Crippen LogP contribution in [0.2, 0.25) is 0 Å². The molecule has 1 saturated carbocycles. The van der Waals surface area contributed by atoms with Crippen molar-refractivity contribution in [2.24, 2.45) is 11.7 Å². The van der Waals surface area contributed by atoms with E-state index in [0.29, 0.717) is 19.8 Å². The van der Waals surface area contributed by atoms with Crippen molar-refractivity contribution in [1.82, 2.24) is 4.90 Å². The number of carbonyl (C=O) groups is 2. The van der Waals surface area contributed by atoms with E-state index in [-0.39, 0.29) is 48.6 Å². The van der Waals surface area contributed by atoms with Crippen LogP contribution in [0.5, 0.6) is 0 Å². The number of benzene rings is 1. The Kier molecular flexibility index (Phi) is 10.0. The first-order valence-corrected chi connectivity index (χ1v) is 8.86. The SMILES string of the molecule is Cl.Cl.NC1CCC(C(=O)Nc2ccc(NC(=O)CN3CCOCC3)cc2)C1. The number of ether oxygens (including phenoxy) is 1. The summed E-state index contributed by atoms with van der Waals surface area (Å²) in [6, 6.07) is 7.34. The van der Waals surface area contributed by atoms with Crippen molar-refractivity contribution in [3.63, 3.8) is 0 Å². The van der Waals surface area contributed by atoms with Gasteiger partial charge >= 0.3 is 0 Å². The number of amides is 2. The number of halogens is 2. The smallest absolute Gasteiger partial charge is 0.238 e. The second-order valence-electron chi connectivity index (χ2n) is 6.77. The summed E-state index contributed by atoms with van der Waals surface area (Å²) in [6.45, 7) is 3.28. The zero-order valence-electron chi connectivity index (χ0n) is 15.2. The Morgan fingerprint density at radius 2 is 1.63 bits per heavy atom. The maximum Gasteiger partial charge on any atom is 0.238 e. The second kappa shape index (κ2) is 11.5. The minimum absolute atomic E-state index is 0. The van der Waals surface area contributed by atoms with Gasteiger partial charge in [-0.25, -0.2) is 0 Å². The van der Waals surface area contributed by atoms with Crippen molar-refractivity contribution in [3.8, 4) is 0 Å². The highest BCUT2D eigenvalue weighted by Crippen LogP contribution is 2.25. The summed E-state index contributed by atoms with van der Waals surface area (Å²) in [5.41, 5.74) is 7.31. The predicted octanol–water partition coefficient (Wildman–Crippen LogP) is 1.87. The lowest BCUT2D eigenvalue weighted by Crippen LogP contribution is -2.41. The van der Waals surface area contributed by atoms with Crippen LogP contribution in [0.1, 0.15) is 19.3 Å². The quantitative estimate of drug-likeness (QED) is 0.677.